The van der Waals surface area contributed by atoms with Crippen LogP contribution >= 0.6 is 35.3 Å². The van der Waals surface area contributed by atoms with Crippen LogP contribution in [0.3, 0.4) is 0 Å². The third-order valence-corrected chi connectivity index (χ3v) is 7.64. The van der Waals surface area contributed by atoms with Crippen molar-refractivity contribution in [1.82, 2.24) is 14.9 Å². The van der Waals surface area contributed by atoms with Crippen LogP contribution < -0.4 is 10.6 Å². The van der Waals surface area contributed by atoms with E-state index in [0.717, 1.165) is 6.54 Å². The van der Waals surface area contributed by atoms with Gasteiger partial charge in [0.05, 0.1) is 24.5 Å². The maximum atomic E-state index is 12.7. The first-order valence-corrected chi connectivity index (χ1v) is 12.3. The molecule has 0 aromatic carbocycles. The van der Waals surface area contributed by atoms with Crippen molar-refractivity contribution in [2.75, 3.05) is 38.5 Å². The van der Waals surface area contributed by atoms with Crippen molar-refractivity contribution in [3.63, 3.8) is 0 Å². The first-order chi connectivity index (χ1) is 13.1. The zero-order valence-corrected chi connectivity index (χ0v) is 21.9. The topological polar surface area (TPSA) is 83.0 Å². The molecule has 1 fully saturated rings. The maximum absolute atomic E-state index is 12.7. The van der Waals surface area contributed by atoms with E-state index in [-0.39, 0.29) is 47.4 Å². The van der Waals surface area contributed by atoms with E-state index < -0.39 is 10.0 Å². The normalized spacial score (nSPS) is 21.5. The highest BCUT2D eigenvalue weighted by atomic mass is 127. The number of hydrogen-bond donors (Lipinski definition) is 2. The molecule has 1 saturated heterocycles. The number of hydrogen-bond acceptors (Lipinski definition) is 5. The molecule has 0 spiro atoms. The van der Waals surface area contributed by atoms with E-state index in [9.17, 15) is 8.42 Å². The molecule has 0 bridgehead atoms. The predicted octanol–water partition coefficient (Wildman–Crippen LogP) is 2.64. The van der Waals surface area contributed by atoms with Gasteiger partial charge in [0.15, 0.2) is 5.96 Å². The third-order valence-electron chi connectivity index (χ3n) is 4.60. The van der Waals surface area contributed by atoms with Gasteiger partial charge in [-0.25, -0.2) is 8.42 Å². The summed E-state index contributed by atoms with van der Waals surface area (Å²) in [6.45, 7) is 12.6. The smallest absolute Gasteiger partial charge is 0.216 e. The summed E-state index contributed by atoms with van der Waals surface area (Å²) in [6.07, 6.45) is -0.158. The molecule has 2 heterocycles. The number of halogens is 1. The summed E-state index contributed by atoms with van der Waals surface area (Å²) >= 11 is 1.73. The van der Waals surface area contributed by atoms with Crippen molar-refractivity contribution < 1.29 is 13.2 Å². The first kappa shape index (κ1) is 26.6. The fourth-order valence-electron chi connectivity index (χ4n) is 3.15. The molecule has 29 heavy (non-hydrogen) atoms. The van der Waals surface area contributed by atoms with Crippen molar-refractivity contribution in [2.45, 2.75) is 52.2 Å². The molecule has 0 amide bonds. The average Bonchev–Trinajstić information content (AvgIpc) is 3.14. The summed E-state index contributed by atoms with van der Waals surface area (Å²) in [6, 6.07) is 4.17. The zero-order chi connectivity index (χ0) is 20.8. The number of thiophene rings is 1. The fourth-order valence-corrected chi connectivity index (χ4v) is 5.48. The minimum atomic E-state index is -3.33. The van der Waals surface area contributed by atoms with Gasteiger partial charge in [-0.3, -0.25) is 4.99 Å². The summed E-state index contributed by atoms with van der Waals surface area (Å²) in [5, 5.41) is 8.43. The Bertz CT molecular complexity index is 729. The molecule has 0 aliphatic carbocycles. The van der Waals surface area contributed by atoms with E-state index in [1.807, 2.05) is 26.8 Å². The van der Waals surface area contributed by atoms with E-state index >= 15 is 0 Å². The highest BCUT2D eigenvalue weighted by Crippen LogP contribution is 2.27. The standard InChI is InChI=1S/C19H34N4O3S2.HI/c1-6-20-18(22-14-19(4,5)17-8-7-10-27-17)21-9-11-28(24,25)23-12-15(2)26-16(3)13-23;/h7-8,10,15-16H,6,9,11-14H2,1-5H3,(H2,20,21,22);1H. The number of nitrogens with zero attached hydrogens (tertiary/aromatic N) is 2. The average molecular weight is 559 g/mol. The predicted molar refractivity (Wildman–Crippen MR) is 132 cm³/mol. The molecule has 1 aromatic rings. The lowest BCUT2D eigenvalue weighted by atomic mass is 9.92. The van der Waals surface area contributed by atoms with Gasteiger partial charge in [-0.1, -0.05) is 19.9 Å². The third kappa shape index (κ3) is 8.31. The quantitative estimate of drug-likeness (QED) is 0.291. The Morgan fingerprint density at radius 2 is 1.97 bits per heavy atom. The van der Waals surface area contributed by atoms with Crippen molar-refractivity contribution in [1.29, 1.82) is 0 Å². The number of rotatable bonds is 8. The molecule has 0 saturated carbocycles. The molecule has 1 aliphatic heterocycles. The van der Waals surface area contributed by atoms with Gasteiger partial charge in [0.25, 0.3) is 0 Å². The van der Waals surface area contributed by atoms with E-state index in [0.29, 0.717) is 32.1 Å². The van der Waals surface area contributed by atoms with Crippen LogP contribution in [0.15, 0.2) is 22.5 Å². The molecular formula is C19H35IN4O3S2. The lowest BCUT2D eigenvalue weighted by Gasteiger charge is -2.34. The van der Waals surface area contributed by atoms with Crippen LogP contribution in [0.5, 0.6) is 0 Å². The van der Waals surface area contributed by atoms with Crippen LogP contribution in [0.25, 0.3) is 0 Å². The molecule has 7 nitrogen and oxygen atoms in total. The highest BCUT2D eigenvalue weighted by molar-refractivity contribution is 14.0. The maximum Gasteiger partial charge on any atom is 0.216 e. The van der Waals surface area contributed by atoms with Crippen LogP contribution in [-0.2, 0) is 20.2 Å². The molecule has 168 valence electrons. The number of nitrogens with one attached hydrogen (secondary N) is 2. The van der Waals surface area contributed by atoms with Gasteiger partial charge in [-0.2, -0.15) is 4.31 Å². The van der Waals surface area contributed by atoms with Gasteiger partial charge in [0.2, 0.25) is 10.0 Å². The van der Waals surface area contributed by atoms with Gasteiger partial charge < -0.3 is 15.4 Å². The van der Waals surface area contributed by atoms with E-state index in [2.05, 4.69) is 40.9 Å². The summed E-state index contributed by atoms with van der Waals surface area (Å²) in [4.78, 5) is 5.95. The van der Waals surface area contributed by atoms with E-state index in [4.69, 9.17) is 4.74 Å². The molecular weight excluding hydrogens is 523 g/mol. The molecule has 0 radical (unpaired) electrons. The number of morpholine rings is 1. The van der Waals surface area contributed by atoms with Gasteiger partial charge in [-0.15, -0.1) is 35.3 Å². The Hall–Kier alpha value is -0.430. The van der Waals surface area contributed by atoms with Crippen LogP contribution in [0, 0.1) is 0 Å². The minimum Gasteiger partial charge on any atom is -0.373 e. The van der Waals surface area contributed by atoms with Crippen molar-refractivity contribution in [3.8, 4) is 0 Å². The number of sulfonamides is 1. The zero-order valence-electron chi connectivity index (χ0n) is 18.0. The molecule has 2 N–H and O–H groups in total. The second kappa shape index (κ2) is 11.8. The fraction of sp³-hybridized carbons (Fsp3) is 0.737. The van der Waals surface area contributed by atoms with Crippen LogP contribution in [-0.4, -0.2) is 69.4 Å². The summed E-state index contributed by atoms with van der Waals surface area (Å²) in [5.74, 6) is 0.677. The molecule has 2 unspecified atom stereocenters. The Labute approximate surface area is 196 Å². The van der Waals surface area contributed by atoms with Gasteiger partial charge >= 0.3 is 0 Å². The van der Waals surface area contributed by atoms with E-state index in [1.54, 1.807) is 11.3 Å². The SMILES string of the molecule is CCNC(=NCC(C)(C)c1cccs1)NCCS(=O)(=O)N1CC(C)OC(C)C1.I. The molecule has 2 atom stereocenters. The molecule has 1 aromatic heterocycles. The largest absolute Gasteiger partial charge is 0.373 e. The summed E-state index contributed by atoms with van der Waals surface area (Å²) < 4.78 is 32.5. The van der Waals surface area contributed by atoms with Crippen molar-refractivity contribution in [3.05, 3.63) is 22.4 Å². The molecule has 2 rings (SSSR count). The number of guanidine groups is 1. The molecule has 10 heteroatoms. The lowest BCUT2D eigenvalue weighted by Crippen LogP contribution is -2.50. The van der Waals surface area contributed by atoms with Crippen molar-refractivity contribution in [2.24, 2.45) is 4.99 Å². The van der Waals surface area contributed by atoms with E-state index in [1.165, 1.54) is 9.18 Å². The Morgan fingerprint density at radius 3 is 2.52 bits per heavy atom. The Morgan fingerprint density at radius 1 is 1.31 bits per heavy atom. The second-order valence-electron chi connectivity index (χ2n) is 7.87. The summed E-state index contributed by atoms with van der Waals surface area (Å²) in [5.41, 5.74) is -0.0668. The van der Waals surface area contributed by atoms with Crippen LogP contribution in [0.1, 0.15) is 39.5 Å². The first-order valence-electron chi connectivity index (χ1n) is 9.83. The number of aliphatic imine (C=N–C) groups is 1. The van der Waals surface area contributed by atoms with Gasteiger partial charge in [0.1, 0.15) is 0 Å². The van der Waals surface area contributed by atoms with Crippen molar-refractivity contribution >= 4 is 51.3 Å². The second-order valence-corrected chi connectivity index (χ2v) is 10.9. The van der Waals surface area contributed by atoms with Gasteiger partial charge in [0, 0.05) is 36.5 Å². The van der Waals surface area contributed by atoms with Gasteiger partial charge in [-0.05, 0) is 32.2 Å². The van der Waals surface area contributed by atoms with Crippen LogP contribution in [0.2, 0.25) is 0 Å². The monoisotopic (exact) mass is 558 g/mol. The molecule has 1 aliphatic rings. The van der Waals surface area contributed by atoms with Crippen LogP contribution in [0.4, 0.5) is 0 Å². The minimum absolute atomic E-state index is 0. The highest BCUT2D eigenvalue weighted by Gasteiger charge is 2.30. The Balaban J connectivity index is 0.00000420. The summed E-state index contributed by atoms with van der Waals surface area (Å²) in [7, 11) is -3.33. The Kier molecular flexibility index (Phi) is 10.8. The lowest BCUT2D eigenvalue weighted by molar-refractivity contribution is -0.0440. The number of ether oxygens (including phenoxy) is 1.